The van der Waals surface area contributed by atoms with Gasteiger partial charge in [-0.25, -0.2) is 4.39 Å². The Morgan fingerprint density at radius 1 is 1.30 bits per heavy atom. The Labute approximate surface area is 62.3 Å². The number of aliphatic hydroxyl groups excluding tert-OH is 1. The lowest BCUT2D eigenvalue weighted by molar-refractivity contribution is 0.254. The summed E-state index contributed by atoms with van der Waals surface area (Å²) in [5.41, 5.74) is 0. The Morgan fingerprint density at radius 2 is 2.00 bits per heavy atom. The third-order valence-corrected chi connectivity index (χ3v) is 1.53. The molecule has 0 rings (SSSR count). The minimum atomic E-state index is -0.642. The van der Waals surface area contributed by atoms with Gasteiger partial charge >= 0.3 is 0 Å². The van der Waals surface area contributed by atoms with Crippen LogP contribution in [0.2, 0.25) is 0 Å². The Morgan fingerprint density at radius 3 is 2.50 bits per heavy atom. The van der Waals surface area contributed by atoms with Crippen molar-refractivity contribution in [2.75, 3.05) is 6.61 Å². The summed E-state index contributed by atoms with van der Waals surface area (Å²) in [6.07, 6.45) is 3.12. The summed E-state index contributed by atoms with van der Waals surface area (Å²) in [5, 5.41) is 8.39. The van der Waals surface area contributed by atoms with Crippen molar-refractivity contribution in [3.8, 4) is 0 Å². The average molecular weight is 148 g/mol. The zero-order chi connectivity index (χ0) is 7.82. The molecule has 0 saturated carbocycles. The van der Waals surface area contributed by atoms with Gasteiger partial charge in [-0.05, 0) is 25.7 Å². The molecule has 0 amide bonds. The second kappa shape index (κ2) is 7.00. The lowest BCUT2D eigenvalue weighted by Gasteiger charge is -2.04. The first kappa shape index (κ1) is 9.89. The molecule has 0 aromatic carbocycles. The van der Waals surface area contributed by atoms with Gasteiger partial charge < -0.3 is 5.11 Å². The van der Waals surface area contributed by atoms with E-state index < -0.39 is 6.17 Å². The minimum Gasteiger partial charge on any atom is -0.396 e. The van der Waals surface area contributed by atoms with Crippen molar-refractivity contribution in [3.63, 3.8) is 0 Å². The van der Waals surface area contributed by atoms with Crippen molar-refractivity contribution in [1.82, 2.24) is 0 Å². The smallest absolute Gasteiger partial charge is 0.100 e. The summed E-state index contributed by atoms with van der Waals surface area (Å²) >= 11 is 0. The van der Waals surface area contributed by atoms with Crippen LogP contribution in [0.1, 0.15) is 39.0 Å². The van der Waals surface area contributed by atoms with E-state index >= 15 is 0 Å². The van der Waals surface area contributed by atoms with Crippen LogP contribution in [0.4, 0.5) is 4.39 Å². The van der Waals surface area contributed by atoms with E-state index in [9.17, 15) is 4.39 Å². The second-order valence-corrected chi connectivity index (χ2v) is 2.61. The van der Waals surface area contributed by atoms with Crippen LogP contribution in [0, 0.1) is 0 Å². The zero-order valence-corrected chi connectivity index (χ0v) is 6.65. The van der Waals surface area contributed by atoms with E-state index in [1.807, 2.05) is 6.92 Å². The first-order valence-electron chi connectivity index (χ1n) is 4.06. The van der Waals surface area contributed by atoms with Gasteiger partial charge in [-0.15, -0.1) is 0 Å². The predicted octanol–water partition coefficient (Wildman–Crippen LogP) is 2.29. The second-order valence-electron chi connectivity index (χ2n) is 2.61. The van der Waals surface area contributed by atoms with E-state index in [4.69, 9.17) is 5.11 Å². The molecule has 0 bridgehead atoms. The fraction of sp³-hybridized carbons (Fsp3) is 1.00. The number of hydrogen-bond donors (Lipinski definition) is 1. The molecular weight excluding hydrogens is 131 g/mol. The summed E-state index contributed by atoms with van der Waals surface area (Å²) in [5.74, 6) is 0. The molecule has 2 heteroatoms. The van der Waals surface area contributed by atoms with Crippen molar-refractivity contribution in [2.45, 2.75) is 45.2 Å². The van der Waals surface area contributed by atoms with Crippen LogP contribution in [-0.4, -0.2) is 17.9 Å². The zero-order valence-electron chi connectivity index (χ0n) is 6.65. The molecule has 0 aliphatic heterocycles. The summed E-state index contributed by atoms with van der Waals surface area (Å²) in [6.45, 7) is 2.18. The molecule has 0 spiro atoms. The van der Waals surface area contributed by atoms with Crippen molar-refractivity contribution in [2.24, 2.45) is 0 Å². The van der Waals surface area contributed by atoms with E-state index in [0.29, 0.717) is 12.8 Å². The monoisotopic (exact) mass is 148 g/mol. The van der Waals surface area contributed by atoms with Crippen molar-refractivity contribution in [3.05, 3.63) is 0 Å². The third kappa shape index (κ3) is 6.02. The number of halogens is 1. The van der Waals surface area contributed by atoms with E-state index in [1.54, 1.807) is 0 Å². The molecule has 0 aliphatic rings. The van der Waals surface area contributed by atoms with Gasteiger partial charge in [-0.2, -0.15) is 0 Å². The van der Waals surface area contributed by atoms with Crippen LogP contribution >= 0.6 is 0 Å². The highest BCUT2D eigenvalue weighted by atomic mass is 19.1. The lowest BCUT2D eigenvalue weighted by Crippen LogP contribution is -1.99. The Kier molecular flexibility index (Phi) is 6.93. The maximum Gasteiger partial charge on any atom is 0.100 e. The molecule has 0 fully saturated rings. The third-order valence-electron chi connectivity index (χ3n) is 1.53. The molecule has 1 atom stereocenters. The van der Waals surface area contributed by atoms with Gasteiger partial charge in [0.2, 0.25) is 0 Å². The molecule has 0 aromatic heterocycles. The van der Waals surface area contributed by atoms with E-state index in [1.165, 1.54) is 0 Å². The molecule has 0 radical (unpaired) electrons. The normalized spacial score (nSPS) is 13.5. The maximum absolute atomic E-state index is 12.6. The molecule has 10 heavy (non-hydrogen) atoms. The molecular formula is C8H17FO. The summed E-state index contributed by atoms with van der Waals surface area (Å²) < 4.78 is 12.6. The van der Waals surface area contributed by atoms with Crippen molar-refractivity contribution >= 4 is 0 Å². The summed E-state index contributed by atoms with van der Waals surface area (Å²) in [4.78, 5) is 0. The molecule has 0 saturated heterocycles. The van der Waals surface area contributed by atoms with Gasteiger partial charge in [0, 0.05) is 6.61 Å². The standard InChI is InChI=1S/C8H17FO/c1-2-5-8(9)6-3-4-7-10/h8,10H,2-7H2,1H3/t8-/m1/s1. The topological polar surface area (TPSA) is 20.2 Å². The first-order valence-corrected chi connectivity index (χ1v) is 4.06. The highest BCUT2D eigenvalue weighted by molar-refractivity contribution is 4.54. The molecule has 62 valence electrons. The van der Waals surface area contributed by atoms with E-state index in [2.05, 4.69) is 0 Å². The Balaban J connectivity index is 2.97. The van der Waals surface area contributed by atoms with Crippen molar-refractivity contribution in [1.29, 1.82) is 0 Å². The summed E-state index contributed by atoms with van der Waals surface area (Å²) in [6, 6.07) is 0. The Bertz CT molecular complexity index is 66.3. The fourth-order valence-electron chi connectivity index (χ4n) is 0.935. The minimum absolute atomic E-state index is 0.193. The fourth-order valence-corrected chi connectivity index (χ4v) is 0.935. The summed E-state index contributed by atoms with van der Waals surface area (Å²) in [7, 11) is 0. The van der Waals surface area contributed by atoms with Gasteiger partial charge in [-0.3, -0.25) is 0 Å². The van der Waals surface area contributed by atoms with Gasteiger partial charge in [-0.1, -0.05) is 13.3 Å². The van der Waals surface area contributed by atoms with Crippen LogP contribution < -0.4 is 0 Å². The highest BCUT2D eigenvalue weighted by Gasteiger charge is 2.02. The molecule has 1 nitrogen and oxygen atoms in total. The van der Waals surface area contributed by atoms with Crippen molar-refractivity contribution < 1.29 is 9.50 Å². The van der Waals surface area contributed by atoms with Crippen LogP contribution in [0.25, 0.3) is 0 Å². The molecule has 0 aliphatic carbocycles. The van der Waals surface area contributed by atoms with Gasteiger partial charge in [0.05, 0.1) is 0 Å². The predicted molar refractivity (Wildman–Crippen MR) is 40.7 cm³/mol. The number of rotatable bonds is 6. The largest absolute Gasteiger partial charge is 0.396 e. The van der Waals surface area contributed by atoms with Crippen LogP contribution in [0.15, 0.2) is 0 Å². The molecule has 0 aromatic rings. The van der Waals surface area contributed by atoms with Crippen LogP contribution in [0.3, 0.4) is 0 Å². The van der Waals surface area contributed by atoms with Gasteiger partial charge in [0.25, 0.3) is 0 Å². The number of hydrogen-bond acceptors (Lipinski definition) is 1. The molecule has 0 heterocycles. The van der Waals surface area contributed by atoms with Crippen LogP contribution in [0.5, 0.6) is 0 Å². The number of unbranched alkanes of at least 4 members (excludes halogenated alkanes) is 1. The van der Waals surface area contributed by atoms with Gasteiger partial charge in [0.15, 0.2) is 0 Å². The Hall–Kier alpha value is -0.110. The molecule has 1 N–H and O–H groups in total. The number of alkyl halides is 1. The lowest BCUT2D eigenvalue weighted by atomic mass is 10.1. The SMILES string of the molecule is CCC[C@@H](F)CCCCO. The maximum atomic E-state index is 12.6. The van der Waals surface area contributed by atoms with Crippen LogP contribution in [-0.2, 0) is 0 Å². The average Bonchev–Trinajstić information content (AvgIpc) is 1.89. The van der Waals surface area contributed by atoms with Gasteiger partial charge in [0.1, 0.15) is 6.17 Å². The number of aliphatic hydroxyl groups is 1. The quantitative estimate of drug-likeness (QED) is 0.573. The first-order chi connectivity index (χ1) is 4.81. The molecule has 0 unspecified atom stereocenters. The highest BCUT2D eigenvalue weighted by Crippen LogP contribution is 2.09. The van der Waals surface area contributed by atoms with E-state index in [0.717, 1.165) is 19.3 Å². The van der Waals surface area contributed by atoms with E-state index in [-0.39, 0.29) is 6.61 Å².